The standard InChI is InChI=1S/C22H21F3N4O5/c1-33-18-9-13(11-26-29-21(32)20(31)28-15-6-7-15)5-8-17(18)34-12-19(30)27-16-4-2-3-14(10-16)22(23,24)25/h2-5,8-11,15H,6-7,12H2,1H3,(H,27,30)(H,28,31)(H,29,32)/b26-11-. The van der Waals surface area contributed by atoms with Gasteiger partial charge in [-0.15, -0.1) is 0 Å². The summed E-state index contributed by atoms with van der Waals surface area (Å²) in [5.41, 5.74) is 1.71. The summed E-state index contributed by atoms with van der Waals surface area (Å²) in [6, 6.07) is 8.84. The Morgan fingerprint density at radius 3 is 2.53 bits per heavy atom. The van der Waals surface area contributed by atoms with Gasteiger partial charge in [0.1, 0.15) is 0 Å². The lowest BCUT2D eigenvalue weighted by Gasteiger charge is -2.12. The van der Waals surface area contributed by atoms with Crippen molar-refractivity contribution in [3.05, 3.63) is 53.6 Å². The Kier molecular flexibility index (Phi) is 7.71. The maximum atomic E-state index is 12.8. The highest BCUT2D eigenvalue weighted by Gasteiger charge is 2.30. The average Bonchev–Trinajstić information content (AvgIpc) is 3.61. The molecule has 0 aliphatic heterocycles. The van der Waals surface area contributed by atoms with Crippen molar-refractivity contribution >= 4 is 29.6 Å². The first-order valence-electron chi connectivity index (χ1n) is 10.1. The van der Waals surface area contributed by atoms with Crippen LogP contribution >= 0.6 is 0 Å². The smallest absolute Gasteiger partial charge is 0.416 e. The Balaban J connectivity index is 1.53. The van der Waals surface area contributed by atoms with E-state index in [9.17, 15) is 27.6 Å². The van der Waals surface area contributed by atoms with Gasteiger partial charge in [-0.1, -0.05) is 6.07 Å². The molecule has 1 aliphatic carbocycles. The number of hydrogen-bond donors (Lipinski definition) is 3. The van der Waals surface area contributed by atoms with Gasteiger partial charge >= 0.3 is 18.0 Å². The minimum Gasteiger partial charge on any atom is -0.493 e. The number of hydrogen-bond acceptors (Lipinski definition) is 6. The number of methoxy groups -OCH3 is 1. The van der Waals surface area contributed by atoms with Crippen LogP contribution < -0.4 is 25.5 Å². The highest BCUT2D eigenvalue weighted by Crippen LogP contribution is 2.31. The molecule has 2 aromatic carbocycles. The molecule has 0 aromatic heterocycles. The van der Waals surface area contributed by atoms with Crippen LogP contribution in [0.15, 0.2) is 47.6 Å². The molecule has 0 atom stereocenters. The van der Waals surface area contributed by atoms with E-state index in [0.29, 0.717) is 5.56 Å². The molecule has 34 heavy (non-hydrogen) atoms. The third kappa shape index (κ3) is 7.22. The number of carbonyl (C=O) groups excluding carboxylic acids is 3. The van der Waals surface area contributed by atoms with Gasteiger partial charge in [0.05, 0.1) is 18.9 Å². The van der Waals surface area contributed by atoms with E-state index in [0.717, 1.165) is 25.0 Å². The van der Waals surface area contributed by atoms with Crippen LogP contribution in [0.1, 0.15) is 24.0 Å². The van der Waals surface area contributed by atoms with E-state index < -0.39 is 36.1 Å². The zero-order valence-electron chi connectivity index (χ0n) is 17.9. The molecule has 9 nitrogen and oxygen atoms in total. The van der Waals surface area contributed by atoms with E-state index in [-0.39, 0.29) is 23.2 Å². The lowest BCUT2D eigenvalue weighted by Crippen LogP contribution is -2.38. The van der Waals surface area contributed by atoms with E-state index >= 15 is 0 Å². The molecule has 0 heterocycles. The Morgan fingerprint density at radius 2 is 1.85 bits per heavy atom. The predicted octanol–water partition coefficient (Wildman–Crippen LogP) is 2.46. The topological polar surface area (TPSA) is 118 Å². The molecule has 3 N–H and O–H groups in total. The van der Waals surface area contributed by atoms with E-state index in [2.05, 4.69) is 21.2 Å². The Morgan fingerprint density at radius 1 is 1.09 bits per heavy atom. The number of ether oxygens (including phenoxy) is 2. The second kappa shape index (κ2) is 10.7. The van der Waals surface area contributed by atoms with Gasteiger partial charge in [-0.3, -0.25) is 14.4 Å². The number of benzene rings is 2. The number of hydrazone groups is 1. The lowest BCUT2D eigenvalue weighted by atomic mass is 10.2. The summed E-state index contributed by atoms with van der Waals surface area (Å²) in [4.78, 5) is 35.3. The van der Waals surface area contributed by atoms with Crippen LogP contribution in [0.3, 0.4) is 0 Å². The first-order valence-corrected chi connectivity index (χ1v) is 10.1. The van der Waals surface area contributed by atoms with Crippen molar-refractivity contribution in [3.63, 3.8) is 0 Å². The maximum absolute atomic E-state index is 12.8. The van der Waals surface area contributed by atoms with Crippen LogP contribution in [-0.2, 0) is 20.6 Å². The third-order valence-electron chi connectivity index (χ3n) is 4.52. The molecule has 0 radical (unpaired) electrons. The number of alkyl halides is 3. The summed E-state index contributed by atoms with van der Waals surface area (Å²) in [5, 5.41) is 8.58. The zero-order chi connectivity index (χ0) is 24.7. The van der Waals surface area contributed by atoms with Gasteiger partial charge in [-0.05, 0) is 54.8 Å². The fourth-order valence-corrected chi connectivity index (χ4v) is 2.69. The third-order valence-corrected chi connectivity index (χ3v) is 4.52. The molecule has 1 fully saturated rings. The molecule has 1 aliphatic rings. The van der Waals surface area contributed by atoms with Crippen molar-refractivity contribution in [1.82, 2.24) is 10.7 Å². The fraction of sp³-hybridized carbons (Fsp3) is 0.273. The summed E-state index contributed by atoms with van der Waals surface area (Å²) in [6.45, 7) is -0.480. The van der Waals surface area contributed by atoms with Crippen LogP contribution in [0.25, 0.3) is 0 Å². The number of rotatable bonds is 8. The number of nitrogens with one attached hydrogen (secondary N) is 3. The van der Waals surface area contributed by atoms with Crippen LogP contribution in [0.4, 0.5) is 18.9 Å². The number of halogens is 3. The van der Waals surface area contributed by atoms with E-state index in [1.807, 2.05) is 0 Å². The first-order chi connectivity index (χ1) is 16.2. The highest BCUT2D eigenvalue weighted by atomic mass is 19.4. The molecule has 1 saturated carbocycles. The minimum absolute atomic E-state index is 0.0187. The quantitative estimate of drug-likeness (QED) is 0.306. The van der Waals surface area contributed by atoms with Gasteiger partial charge in [0.2, 0.25) is 0 Å². The first kappa shape index (κ1) is 24.6. The van der Waals surface area contributed by atoms with Crippen molar-refractivity contribution in [3.8, 4) is 11.5 Å². The van der Waals surface area contributed by atoms with Crippen molar-refractivity contribution in [1.29, 1.82) is 0 Å². The predicted molar refractivity (Wildman–Crippen MR) is 115 cm³/mol. The number of carbonyl (C=O) groups is 3. The minimum atomic E-state index is -4.53. The molecule has 0 unspecified atom stereocenters. The van der Waals surface area contributed by atoms with Crippen LogP contribution in [0.2, 0.25) is 0 Å². The van der Waals surface area contributed by atoms with Crippen LogP contribution in [-0.4, -0.2) is 43.7 Å². The van der Waals surface area contributed by atoms with E-state index in [4.69, 9.17) is 9.47 Å². The van der Waals surface area contributed by atoms with Crippen molar-refractivity contribution in [2.45, 2.75) is 25.1 Å². The van der Waals surface area contributed by atoms with Gasteiger partial charge < -0.3 is 20.1 Å². The summed E-state index contributed by atoms with van der Waals surface area (Å²) in [6.07, 6.45) is -1.54. The number of anilines is 1. The Bertz CT molecular complexity index is 1100. The monoisotopic (exact) mass is 478 g/mol. The number of nitrogens with zero attached hydrogens (tertiary/aromatic N) is 1. The van der Waals surface area contributed by atoms with Crippen molar-refractivity contribution in [2.75, 3.05) is 19.0 Å². The maximum Gasteiger partial charge on any atom is 0.416 e. The second-order valence-electron chi connectivity index (χ2n) is 7.27. The molecule has 3 amide bonds. The Hall–Kier alpha value is -4.09. The van der Waals surface area contributed by atoms with Gasteiger partial charge in [-0.25, -0.2) is 5.43 Å². The normalized spacial score (nSPS) is 13.3. The summed E-state index contributed by atoms with van der Waals surface area (Å²) < 4.78 is 49.0. The summed E-state index contributed by atoms with van der Waals surface area (Å²) in [5.74, 6) is -1.87. The van der Waals surface area contributed by atoms with E-state index in [1.165, 1.54) is 37.6 Å². The molecule has 2 aromatic rings. The molecule has 0 spiro atoms. The van der Waals surface area contributed by atoms with Crippen LogP contribution in [0.5, 0.6) is 11.5 Å². The average molecular weight is 478 g/mol. The lowest BCUT2D eigenvalue weighted by molar-refractivity contribution is -0.139. The van der Waals surface area contributed by atoms with Crippen molar-refractivity contribution in [2.24, 2.45) is 5.10 Å². The largest absolute Gasteiger partial charge is 0.493 e. The van der Waals surface area contributed by atoms with E-state index in [1.54, 1.807) is 6.07 Å². The molecular weight excluding hydrogens is 457 g/mol. The molecule has 12 heteroatoms. The van der Waals surface area contributed by atoms with Crippen molar-refractivity contribution < 1.29 is 37.0 Å². The van der Waals surface area contributed by atoms with Gasteiger partial charge in [0.15, 0.2) is 18.1 Å². The SMILES string of the molecule is COc1cc(/C=N\NC(=O)C(=O)NC2CC2)ccc1OCC(=O)Nc1cccc(C(F)(F)F)c1. The molecule has 0 saturated heterocycles. The van der Waals surface area contributed by atoms with Gasteiger partial charge in [-0.2, -0.15) is 18.3 Å². The van der Waals surface area contributed by atoms with Gasteiger partial charge in [0, 0.05) is 11.7 Å². The summed E-state index contributed by atoms with van der Waals surface area (Å²) >= 11 is 0. The molecule has 3 rings (SSSR count). The fourth-order valence-electron chi connectivity index (χ4n) is 2.69. The Labute approximate surface area is 192 Å². The zero-order valence-corrected chi connectivity index (χ0v) is 17.9. The molecule has 0 bridgehead atoms. The van der Waals surface area contributed by atoms with Gasteiger partial charge in [0.25, 0.3) is 5.91 Å². The number of amides is 3. The van der Waals surface area contributed by atoms with Crippen LogP contribution in [0, 0.1) is 0 Å². The second-order valence-corrected chi connectivity index (χ2v) is 7.27. The molecular formula is C22H21F3N4O5. The summed E-state index contributed by atoms with van der Waals surface area (Å²) in [7, 11) is 1.37. The highest BCUT2D eigenvalue weighted by molar-refractivity contribution is 6.35. The molecule has 180 valence electrons.